The number of benzene rings is 1. The van der Waals surface area contributed by atoms with Crippen molar-refractivity contribution in [3.8, 4) is 5.75 Å². The number of aryl methyl sites for hydroxylation is 2. The van der Waals surface area contributed by atoms with Crippen molar-refractivity contribution in [2.75, 3.05) is 7.11 Å². The first-order valence-corrected chi connectivity index (χ1v) is 5.25. The van der Waals surface area contributed by atoms with Crippen molar-refractivity contribution < 1.29 is 4.74 Å². The van der Waals surface area contributed by atoms with E-state index in [0.29, 0.717) is 0 Å². The van der Waals surface area contributed by atoms with Crippen molar-refractivity contribution >= 4 is 15.9 Å². The summed E-state index contributed by atoms with van der Waals surface area (Å²) in [4.78, 5) is 0. The minimum Gasteiger partial charge on any atom is -0.497 e. The summed E-state index contributed by atoms with van der Waals surface area (Å²) < 4.78 is 6.28. The third kappa shape index (κ3) is 3.39. The molecule has 74 valence electrons. The summed E-state index contributed by atoms with van der Waals surface area (Å²) in [5, 5.41) is 0. The summed E-state index contributed by atoms with van der Waals surface area (Å²) in [7, 11) is 1.68. The van der Waals surface area contributed by atoms with Gasteiger partial charge in [0.1, 0.15) is 5.75 Å². The van der Waals surface area contributed by atoms with E-state index in [4.69, 9.17) is 4.74 Å². The van der Waals surface area contributed by atoms with Crippen LogP contribution < -0.4 is 4.74 Å². The van der Waals surface area contributed by atoms with Crippen LogP contribution in [0.2, 0.25) is 0 Å². The van der Waals surface area contributed by atoms with Gasteiger partial charge in [-0.15, -0.1) is 0 Å². The number of hydrogen-bond donors (Lipinski definition) is 0. The van der Waals surface area contributed by atoms with Gasteiger partial charge in [-0.1, -0.05) is 29.8 Å². The second-order valence-corrected chi connectivity index (χ2v) is 3.37. The first-order chi connectivity index (χ1) is 6.15. The van der Waals surface area contributed by atoms with Gasteiger partial charge in [0.25, 0.3) is 0 Å². The van der Waals surface area contributed by atoms with Crippen LogP contribution in [0.4, 0.5) is 0 Å². The Balaban J connectivity index is 0.000000671. The Morgan fingerprint density at radius 3 is 1.77 bits per heavy atom. The molecule has 0 bridgehead atoms. The van der Waals surface area contributed by atoms with E-state index in [1.54, 1.807) is 7.11 Å². The second-order valence-electron chi connectivity index (χ2n) is 2.58. The lowest BCUT2D eigenvalue weighted by Crippen LogP contribution is -1.87. The van der Waals surface area contributed by atoms with Gasteiger partial charge in [0.05, 0.1) is 7.11 Å². The van der Waals surface area contributed by atoms with Crippen molar-refractivity contribution in [3.05, 3.63) is 27.7 Å². The number of methoxy groups -OCH3 is 1. The van der Waals surface area contributed by atoms with Crippen LogP contribution in [0.25, 0.3) is 0 Å². The molecule has 0 atom stereocenters. The van der Waals surface area contributed by atoms with E-state index >= 15 is 0 Å². The predicted molar refractivity (Wildman–Crippen MR) is 61.5 cm³/mol. The highest BCUT2D eigenvalue weighted by molar-refractivity contribution is 9.10. The normalized spacial score (nSPS) is 8.77. The van der Waals surface area contributed by atoms with Gasteiger partial charge >= 0.3 is 0 Å². The molecule has 1 nitrogen and oxygen atoms in total. The molecule has 0 heterocycles. The van der Waals surface area contributed by atoms with E-state index in [-0.39, 0.29) is 0 Å². The van der Waals surface area contributed by atoms with Crippen LogP contribution in [0, 0.1) is 13.8 Å². The number of halogens is 1. The minimum absolute atomic E-state index is 0.920. The molecule has 0 amide bonds. The monoisotopic (exact) mass is 244 g/mol. The van der Waals surface area contributed by atoms with Crippen molar-refractivity contribution in [3.63, 3.8) is 0 Å². The van der Waals surface area contributed by atoms with E-state index in [1.165, 1.54) is 15.6 Å². The SMILES string of the molecule is CC.COc1cc(C)c(Br)c(C)c1. The molecule has 0 fully saturated rings. The molecular formula is C11H17BrO. The molecule has 13 heavy (non-hydrogen) atoms. The quantitative estimate of drug-likeness (QED) is 0.723. The van der Waals surface area contributed by atoms with Crippen molar-refractivity contribution in [1.29, 1.82) is 0 Å². The van der Waals surface area contributed by atoms with Crippen molar-refractivity contribution in [1.82, 2.24) is 0 Å². The highest BCUT2D eigenvalue weighted by Gasteiger charge is 2.00. The Labute approximate surface area is 89.2 Å². The Morgan fingerprint density at radius 2 is 1.46 bits per heavy atom. The van der Waals surface area contributed by atoms with Crippen LogP contribution in [0.5, 0.6) is 5.75 Å². The molecule has 2 heteroatoms. The Bertz CT molecular complexity index is 246. The molecule has 0 radical (unpaired) electrons. The number of rotatable bonds is 1. The third-order valence-electron chi connectivity index (χ3n) is 1.65. The average Bonchev–Trinajstić information content (AvgIpc) is 2.16. The van der Waals surface area contributed by atoms with Crippen molar-refractivity contribution in [2.45, 2.75) is 27.7 Å². The van der Waals surface area contributed by atoms with Gasteiger partial charge in [0.15, 0.2) is 0 Å². The van der Waals surface area contributed by atoms with E-state index in [2.05, 4.69) is 29.8 Å². The standard InChI is InChI=1S/C9H11BrO.C2H6/c1-6-4-8(11-3)5-7(2)9(6)10;1-2/h4-5H,1-3H3;1-2H3. The Morgan fingerprint density at radius 1 is 1.08 bits per heavy atom. The van der Waals surface area contributed by atoms with E-state index in [0.717, 1.165) is 5.75 Å². The topological polar surface area (TPSA) is 9.23 Å². The van der Waals surface area contributed by atoms with Crippen molar-refractivity contribution in [2.24, 2.45) is 0 Å². The van der Waals surface area contributed by atoms with Crippen LogP contribution in [0.15, 0.2) is 16.6 Å². The molecule has 0 aliphatic rings. The second kappa shape index (κ2) is 6.03. The number of hydrogen-bond acceptors (Lipinski definition) is 1. The smallest absolute Gasteiger partial charge is 0.119 e. The zero-order valence-electron chi connectivity index (χ0n) is 8.94. The maximum absolute atomic E-state index is 5.11. The lowest BCUT2D eigenvalue weighted by atomic mass is 10.1. The van der Waals surface area contributed by atoms with Crippen LogP contribution in [0.3, 0.4) is 0 Å². The maximum atomic E-state index is 5.11. The van der Waals surface area contributed by atoms with Gasteiger partial charge < -0.3 is 4.74 Å². The highest BCUT2D eigenvalue weighted by atomic mass is 79.9. The molecular weight excluding hydrogens is 228 g/mol. The molecule has 0 N–H and O–H groups in total. The van der Waals surface area contributed by atoms with Gasteiger partial charge in [0, 0.05) is 4.47 Å². The van der Waals surface area contributed by atoms with Crippen LogP contribution in [-0.2, 0) is 0 Å². The molecule has 0 spiro atoms. The van der Waals surface area contributed by atoms with Gasteiger partial charge in [-0.3, -0.25) is 0 Å². The third-order valence-corrected chi connectivity index (χ3v) is 2.90. The average molecular weight is 245 g/mol. The zero-order valence-corrected chi connectivity index (χ0v) is 10.5. The molecule has 0 aliphatic heterocycles. The van der Waals surface area contributed by atoms with Gasteiger partial charge in [-0.05, 0) is 37.1 Å². The first-order valence-electron chi connectivity index (χ1n) is 4.46. The Hall–Kier alpha value is -0.500. The zero-order chi connectivity index (χ0) is 10.4. The number of ether oxygens (including phenoxy) is 1. The van der Waals surface area contributed by atoms with Crippen LogP contribution >= 0.6 is 15.9 Å². The molecule has 1 aromatic carbocycles. The lowest BCUT2D eigenvalue weighted by molar-refractivity contribution is 0.414. The van der Waals surface area contributed by atoms with Gasteiger partial charge in [0.2, 0.25) is 0 Å². The molecule has 0 aliphatic carbocycles. The largest absolute Gasteiger partial charge is 0.497 e. The van der Waals surface area contributed by atoms with E-state index < -0.39 is 0 Å². The molecule has 1 rings (SSSR count). The summed E-state index contributed by atoms with van der Waals surface area (Å²) in [5.74, 6) is 0.920. The Kier molecular flexibility index (Phi) is 5.80. The summed E-state index contributed by atoms with van der Waals surface area (Å²) in [6.45, 7) is 8.11. The van der Waals surface area contributed by atoms with E-state index in [9.17, 15) is 0 Å². The maximum Gasteiger partial charge on any atom is 0.119 e. The van der Waals surface area contributed by atoms with E-state index in [1.807, 2.05) is 26.0 Å². The lowest BCUT2D eigenvalue weighted by Gasteiger charge is -2.05. The van der Waals surface area contributed by atoms with Crippen LogP contribution in [-0.4, -0.2) is 7.11 Å². The summed E-state index contributed by atoms with van der Waals surface area (Å²) in [5.41, 5.74) is 2.42. The molecule has 0 unspecified atom stereocenters. The molecule has 1 aromatic rings. The fourth-order valence-electron chi connectivity index (χ4n) is 1.02. The minimum atomic E-state index is 0.920. The summed E-state index contributed by atoms with van der Waals surface area (Å²) in [6.07, 6.45) is 0. The fraction of sp³-hybridized carbons (Fsp3) is 0.455. The van der Waals surface area contributed by atoms with Gasteiger partial charge in [-0.25, -0.2) is 0 Å². The highest BCUT2D eigenvalue weighted by Crippen LogP contribution is 2.25. The fourth-order valence-corrected chi connectivity index (χ4v) is 1.25. The molecule has 0 saturated carbocycles. The molecule has 0 saturated heterocycles. The first kappa shape index (κ1) is 12.5. The van der Waals surface area contributed by atoms with Gasteiger partial charge in [-0.2, -0.15) is 0 Å². The predicted octanol–water partition coefficient (Wildman–Crippen LogP) is 4.10. The summed E-state index contributed by atoms with van der Waals surface area (Å²) >= 11 is 3.49. The molecule has 0 aromatic heterocycles. The van der Waals surface area contributed by atoms with Crippen LogP contribution in [0.1, 0.15) is 25.0 Å². The summed E-state index contributed by atoms with van der Waals surface area (Å²) in [6, 6.07) is 4.02.